The Labute approximate surface area is 124 Å². The van der Waals surface area contributed by atoms with E-state index in [1.165, 1.54) is 0 Å². The van der Waals surface area contributed by atoms with Gasteiger partial charge in [0.15, 0.2) is 0 Å². The van der Waals surface area contributed by atoms with E-state index in [0.29, 0.717) is 11.8 Å². The summed E-state index contributed by atoms with van der Waals surface area (Å²) >= 11 is 0. The number of hydrogen-bond acceptors (Lipinski definition) is 3. The van der Waals surface area contributed by atoms with Gasteiger partial charge in [-0.15, -0.1) is 0 Å². The predicted octanol–water partition coefficient (Wildman–Crippen LogP) is 4.08. The SMILES string of the molecule is CCCNC(C)c1ccc(N(CCC)C(C)C)cc1O. The highest BCUT2D eigenvalue weighted by atomic mass is 16.3. The molecule has 0 fully saturated rings. The van der Waals surface area contributed by atoms with Gasteiger partial charge in [-0.1, -0.05) is 19.9 Å². The van der Waals surface area contributed by atoms with Crippen molar-refractivity contribution in [2.24, 2.45) is 0 Å². The van der Waals surface area contributed by atoms with E-state index < -0.39 is 0 Å². The first kappa shape index (κ1) is 16.8. The van der Waals surface area contributed by atoms with Crippen LogP contribution in [0.5, 0.6) is 5.75 Å². The van der Waals surface area contributed by atoms with E-state index in [4.69, 9.17) is 0 Å². The Kier molecular flexibility index (Phi) is 6.86. The van der Waals surface area contributed by atoms with Crippen LogP contribution in [0.4, 0.5) is 5.69 Å². The second kappa shape index (κ2) is 8.15. The monoisotopic (exact) mass is 278 g/mol. The third kappa shape index (κ3) is 4.41. The number of rotatable bonds is 8. The molecule has 1 atom stereocenters. The topological polar surface area (TPSA) is 35.5 Å². The van der Waals surface area contributed by atoms with Gasteiger partial charge < -0.3 is 15.3 Å². The van der Waals surface area contributed by atoms with Crippen LogP contribution >= 0.6 is 0 Å². The molecule has 0 aliphatic carbocycles. The molecule has 0 aliphatic rings. The lowest BCUT2D eigenvalue weighted by Crippen LogP contribution is -2.31. The van der Waals surface area contributed by atoms with Crippen molar-refractivity contribution in [2.75, 3.05) is 18.0 Å². The fraction of sp³-hybridized carbons (Fsp3) is 0.647. The van der Waals surface area contributed by atoms with E-state index in [-0.39, 0.29) is 6.04 Å². The zero-order chi connectivity index (χ0) is 15.1. The second-order valence-corrected chi connectivity index (χ2v) is 5.71. The average molecular weight is 278 g/mol. The van der Waals surface area contributed by atoms with Gasteiger partial charge in [-0.05, 0) is 46.2 Å². The number of aromatic hydroxyl groups is 1. The minimum atomic E-state index is 0.183. The molecule has 0 heterocycles. The number of phenols is 1. The van der Waals surface area contributed by atoms with Crippen molar-refractivity contribution < 1.29 is 5.11 Å². The van der Waals surface area contributed by atoms with Crippen LogP contribution in [-0.4, -0.2) is 24.2 Å². The molecule has 2 N–H and O–H groups in total. The van der Waals surface area contributed by atoms with Crippen molar-refractivity contribution in [2.45, 2.75) is 59.5 Å². The fourth-order valence-electron chi connectivity index (χ4n) is 2.47. The Morgan fingerprint density at radius 1 is 1.15 bits per heavy atom. The summed E-state index contributed by atoms with van der Waals surface area (Å²) in [5, 5.41) is 13.7. The van der Waals surface area contributed by atoms with Gasteiger partial charge in [-0.3, -0.25) is 0 Å². The first-order chi connectivity index (χ1) is 9.51. The highest BCUT2D eigenvalue weighted by Crippen LogP contribution is 2.30. The summed E-state index contributed by atoms with van der Waals surface area (Å²) < 4.78 is 0. The molecule has 1 aromatic carbocycles. The lowest BCUT2D eigenvalue weighted by atomic mass is 10.1. The summed E-state index contributed by atoms with van der Waals surface area (Å²) in [5.41, 5.74) is 2.08. The zero-order valence-corrected chi connectivity index (χ0v) is 13.6. The molecule has 0 amide bonds. The van der Waals surface area contributed by atoms with Gasteiger partial charge in [0.25, 0.3) is 0 Å². The Morgan fingerprint density at radius 3 is 2.35 bits per heavy atom. The Hall–Kier alpha value is -1.22. The number of benzene rings is 1. The number of phenolic OH excluding ortho intramolecular Hbond substituents is 1. The summed E-state index contributed by atoms with van der Waals surface area (Å²) in [6.45, 7) is 12.8. The minimum absolute atomic E-state index is 0.183. The van der Waals surface area contributed by atoms with Crippen LogP contribution in [0.15, 0.2) is 18.2 Å². The Balaban J connectivity index is 2.91. The largest absolute Gasteiger partial charge is 0.508 e. The number of hydrogen-bond donors (Lipinski definition) is 2. The first-order valence-electron chi connectivity index (χ1n) is 7.84. The summed E-state index contributed by atoms with van der Waals surface area (Å²) in [6, 6.07) is 6.69. The molecule has 0 aliphatic heterocycles. The molecular weight excluding hydrogens is 248 g/mol. The van der Waals surface area contributed by atoms with Gasteiger partial charge in [0.05, 0.1) is 0 Å². The molecule has 3 heteroatoms. The van der Waals surface area contributed by atoms with Crippen LogP contribution in [0.2, 0.25) is 0 Å². The summed E-state index contributed by atoms with van der Waals surface area (Å²) in [5.74, 6) is 0.389. The van der Waals surface area contributed by atoms with Gasteiger partial charge in [0.1, 0.15) is 5.75 Å². The molecule has 3 nitrogen and oxygen atoms in total. The van der Waals surface area contributed by atoms with E-state index in [9.17, 15) is 5.11 Å². The van der Waals surface area contributed by atoms with Crippen molar-refractivity contribution in [3.05, 3.63) is 23.8 Å². The normalized spacial score (nSPS) is 12.7. The standard InChI is InChI=1S/C17H30N2O/c1-6-10-18-14(5)16-9-8-15(12-17(16)20)19(11-7-2)13(3)4/h8-9,12-14,18,20H,6-7,10-11H2,1-5H3. The molecular formula is C17H30N2O. The molecule has 0 saturated heterocycles. The molecule has 0 bridgehead atoms. The zero-order valence-electron chi connectivity index (χ0n) is 13.6. The highest BCUT2D eigenvalue weighted by molar-refractivity contribution is 5.54. The lowest BCUT2D eigenvalue weighted by molar-refractivity contribution is 0.452. The van der Waals surface area contributed by atoms with Crippen molar-refractivity contribution >= 4 is 5.69 Å². The Morgan fingerprint density at radius 2 is 1.85 bits per heavy atom. The maximum atomic E-state index is 10.3. The molecule has 1 aromatic rings. The fourth-order valence-corrected chi connectivity index (χ4v) is 2.47. The maximum Gasteiger partial charge on any atom is 0.122 e. The molecule has 20 heavy (non-hydrogen) atoms. The van der Waals surface area contributed by atoms with E-state index in [2.05, 4.69) is 50.9 Å². The van der Waals surface area contributed by atoms with E-state index in [1.54, 1.807) is 0 Å². The lowest BCUT2D eigenvalue weighted by Gasteiger charge is -2.29. The Bertz CT molecular complexity index is 404. The van der Waals surface area contributed by atoms with Crippen LogP contribution in [0, 0.1) is 0 Å². The van der Waals surface area contributed by atoms with E-state index >= 15 is 0 Å². The van der Waals surface area contributed by atoms with Gasteiger partial charge in [-0.25, -0.2) is 0 Å². The average Bonchev–Trinajstić information content (AvgIpc) is 2.41. The quantitative estimate of drug-likeness (QED) is 0.752. The van der Waals surface area contributed by atoms with E-state index in [1.807, 2.05) is 12.1 Å². The summed E-state index contributed by atoms with van der Waals surface area (Å²) in [4.78, 5) is 2.33. The molecule has 1 unspecified atom stereocenters. The van der Waals surface area contributed by atoms with Crippen molar-refractivity contribution in [3.8, 4) is 5.75 Å². The number of anilines is 1. The van der Waals surface area contributed by atoms with Crippen molar-refractivity contribution in [1.82, 2.24) is 5.32 Å². The van der Waals surface area contributed by atoms with Gasteiger partial charge >= 0.3 is 0 Å². The van der Waals surface area contributed by atoms with Crippen LogP contribution in [0.3, 0.4) is 0 Å². The predicted molar refractivity (Wildman–Crippen MR) is 87.6 cm³/mol. The minimum Gasteiger partial charge on any atom is -0.508 e. The third-order valence-corrected chi connectivity index (χ3v) is 3.60. The number of nitrogens with one attached hydrogen (secondary N) is 1. The van der Waals surface area contributed by atoms with Crippen LogP contribution in [0.1, 0.15) is 59.1 Å². The highest BCUT2D eigenvalue weighted by Gasteiger charge is 2.14. The van der Waals surface area contributed by atoms with Crippen molar-refractivity contribution in [1.29, 1.82) is 0 Å². The third-order valence-electron chi connectivity index (χ3n) is 3.60. The van der Waals surface area contributed by atoms with Crippen LogP contribution in [-0.2, 0) is 0 Å². The molecule has 0 radical (unpaired) electrons. The molecule has 114 valence electrons. The maximum absolute atomic E-state index is 10.3. The second-order valence-electron chi connectivity index (χ2n) is 5.71. The summed E-state index contributed by atoms with van der Waals surface area (Å²) in [7, 11) is 0. The van der Waals surface area contributed by atoms with Crippen LogP contribution < -0.4 is 10.2 Å². The first-order valence-corrected chi connectivity index (χ1v) is 7.84. The molecule has 0 spiro atoms. The van der Waals surface area contributed by atoms with E-state index in [0.717, 1.165) is 37.2 Å². The molecule has 0 aromatic heterocycles. The molecule has 1 rings (SSSR count). The van der Waals surface area contributed by atoms with Gasteiger partial charge in [-0.2, -0.15) is 0 Å². The van der Waals surface area contributed by atoms with Gasteiger partial charge in [0, 0.05) is 35.9 Å². The molecule has 0 saturated carbocycles. The smallest absolute Gasteiger partial charge is 0.122 e. The van der Waals surface area contributed by atoms with Gasteiger partial charge in [0.2, 0.25) is 0 Å². The summed E-state index contributed by atoms with van der Waals surface area (Å²) in [6.07, 6.45) is 2.20. The van der Waals surface area contributed by atoms with Crippen LogP contribution in [0.25, 0.3) is 0 Å². The van der Waals surface area contributed by atoms with Crippen molar-refractivity contribution in [3.63, 3.8) is 0 Å². The number of nitrogens with zero attached hydrogens (tertiary/aromatic N) is 1.